The highest BCUT2D eigenvalue weighted by atomic mass is 32.1. The van der Waals surface area contributed by atoms with E-state index in [4.69, 9.17) is 0 Å². The van der Waals surface area contributed by atoms with E-state index < -0.39 is 0 Å². The smallest absolute Gasteiger partial charge is 0.0619 e. The highest BCUT2D eigenvalue weighted by molar-refractivity contribution is 7.26. The van der Waals surface area contributed by atoms with Crippen LogP contribution >= 0.6 is 11.3 Å². The molecule has 0 saturated carbocycles. The van der Waals surface area contributed by atoms with Crippen LogP contribution in [0.1, 0.15) is 5.56 Å². The molecule has 0 unspecified atom stereocenters. The largest absolute Gasteiger partial charge is 0.310 e. The van der Waals surface area contributed by atoms with Gasteiger partial charge in [0.1, 0.15) is 0 Å². The van der Waals surface area contributed by atoms with Crippen LogP contribution < -0.4 is 4.90 Å². The molecule has 0 spiro atoms. The number of para-hydroxylation sites is 2. The molecular formula is C53H36N2S. The number of hydrogen-bond donors (Lipinski definition) is 0. The molecule has 56 heavy (non-hydrogen) atoms. The maximum Gasteiger partial charge on any atom is 0.0619 e. The van der Waals surface area contributed by atoms with Gasteiger partial charge in [-0.2, -0.15) is 0 Å². The van der Waals surface area contributed by atoms with Gasteiger partial charge in [-0.25, -0.2) is 0 Å². The second-order valence-electron chi connectivity index (χ2n) is 14.6. The lowest BCUT2D eigenvalue weighted by atomic mass is 9.95. The summed E-state index contributed by atoms with van der Waals surface area (Å²) in [6, 6.07) is 73.2. The molecule has 264 valence electrons. The monoisotopic (exact) mass is 732 g/mol. The normalized spacial score (nSPS) is 11.7. The standard InChI is InChI=1S/C53H36N2S/c1-35-13-11-16-41(33-35)54(39-29-25-36(26-30-39)42-21-12-22-47-45-19-8-10-24-51(45)56-53(42)47)40-31-27-37(28-32-40)48-34-49-44-18-7-9-23-50(44)55(38-14-3-2-4-15-38)52(49)46-20-6-5-17-43(46)48/h2-34H,1H3. The van der Waals surface area contributed by atoms with Crippen molar-refractivity contribution < 1.29 is 0 Å². The molecule has 0 aliphatic rings. The minimum Gasteiger partial charge on any atom is -0.310 e. The van der Waals surface area contributed by atoms with Crippen molar-refractivity contribution in [1.29, 1.82) is 0 Å². The number of thiophene rings is 1. The van der Waals surface area contributed by atoms with Crippen molar-refractivity contribution in [1.82, 2.24) is 4.57 Å². The lowest BCUT2D eigenvalue weighted by molar-refractivity contribution is 1.19. The van der Waals surface area contributed by atoms with Gasteiger partial charge in [-0.3, -0.25) is 0 Å². The lowest BCUT2D eigenvalue weighted by Crippen LogP contribution is -2.10. The van der Waals surface area contributed by atoms with Gasteiger partial charge in [0.25, 0.3) is 0 Å². The Balaban J connectivity index is 1.03. The van der Waals surface area contributed by atoms with Crippen LogP contribution in [0.25, 0.3) is 80.7 Å². The molecule has 0 N–H and O–H groups in total. The molecule has 2 aromatic heterocycles. The number of benzene rings is 9. The van der Waals surface area contributed by atoms with E-state index in [2.05, 4.69) is 217 Å². The molecule has 11 aromatic rings. The third-order valence-electron chi connectivity index (χ3n) is 11.2. The molecule has 0 saturated heterocycles. The lowest BCUT2D eigenvalue weighted by Gasteiger charge is -2.26. The zero-order valence-corrected chi connectivity index (χ0v) is 31.7. The number of aromatic nitrogens is 1. The maximum atomic E-state index is 2.42. The van der Waals surface area contributed by atoms with E-state index in [9.17, 15) is 0 Å². The number of anilines is 3. The van der Waals surface area contributed by atoms with Crippen molar-refractivity contribution in [2.45, 2.75) is 6.92 Å². The van der Waals surface area contributed by atoms with Gasteiger partial charge >= 0.3 is 0 Å². The van der Waals surface area contributed by atoms with Crippen LogP contribution in [0.3, 0.4) is 0 Å². The van der Waals surface area contributed by atoms with Crippen LogP contribution in [-0.2, 0) is 0 Å². The molecule has 0 radical (unpaired) electrons. The molecule has 2 heterocycles. The van der Waals surface area contributed by atoms with E-state index in [0.29, 0.717) is 0 Å². The summed E-state index contributed by atoms with van der Waals surface area (Å²) in [5.74, 6) is 0. The van der Waals surface area contributed by atoms with Crippen LogP contribution in [0.15, 0.2) is 200 Å². The Labute approximate surface area is 329 Å². The van der Waals surface area contributed by atoms with Crippen LogP contribution in [0.4, 0.5) is 17.1 Å². The molecule has 9 aromatic carbocycles. The van der Waals surface area contributed by atoms with Gasteiger partial charge in [-0.15, -0.1) is 11.3 Å². The highest BCUT2D eigenvalue weighted by Crippen LogP contribution is 2.44. The van der Waals surface area contributed by atoms with Crippen LogP contribution in [0.5, 0.6) is 0 Å². The predicted octanol–water partition coefficient (Wildman–Crippen LogP) is 15.4. The Morgan fingerprint density at radius 2 is 1.02 bits per heavy atom. The van der Waals surface area contributed by atoms with Crippen LogP contribution in [0.2, 0.25) is 0 Å². The average molecular weight is 733 g/mol. The zero-order chi connectivity index (χ0) is 37.2. The maximum absolute atomic E-state index is 2.42. The quantitative estimate of drug-likeness (QED) is 0.165. The molecule has 0 fully saturated rings. The first-order chi connectivity index (χ1) is 27.7. The molecular weight excluding hydrogens is 697 g/mol. The first-order valence-electron chi connectivity index (χ1n) is 19.2. The van der Waals surface area contributed by atoms with E-state index in [0.717, 1.165) is 17.1 Å². The van der Waals surface area contributed by atoms with Crippen molar-refractivity contribution in [3.8, 4) is 27.9 Å². The number of aryl methyl sites for hydroxylation is 1. The second kappa shape index (κ2) is 13.1. The average Bonchev–Trinajstić information content (AvgIpc) is 3.81. The summed E-state index contributed by atoms with van der Waals surface area (Å²) in [4.78, 5) is 2.37. The van der Waals surface area contributed by atoms with Crippen molar-refractivity contribution in [2.24, 2.45) is 0 Å². The molecule has 0 amide bonds. The van der Waals surface area contributed by atoms with Gasteiger partial charge in [-0.05, 0) is 107 Å². The van der Waals surface area contributed by atoms with E-state index in [-0.39, 0.29) is 0 Å². The van der Waals surface area contributed by atoms with Crippen molar-refractivity contribution in [3.63, 3.8) is 0 Å². The Hall–Kier alpha value is -6.94. The molecule has 0 aliphatic heterocycles. The van der Waals surface area contributed by atoms with Gasteiger partial charge in [0.05, 0.1) is 11.0 Å². The molecule has 11 rings (SSSR count). The van der Waals surface area contributed by atoms with E-state index in [1.165, 1.54) is 86.3 Å². The summed E-state index contributed by atoms with van der Waals surface area (Å²) in [7, 11) is 0. The number of fused-ring (bicyclic) bond motifs is 8. The zero-order valence-electron chi connectivity index (χ0n) is 30.9. The fourth-order valence-corrected chi connectivity index (χ4v) is 9.91. The van der Waals surface area contributed by atoms with E-state index in [1.807, 2.05) is 11.3 Å². The van der Waals surface area contributed by atoms with Gasteiger partial charge in [-0.1, -0.05) is 133 Å². The summed E-state index contributed by atoms with van der Waals surface area (Å²) < 4.78 is 5.09. The minimum absolute atomic E-state index is 1.12. The molecule has 3 heteroatoms. The predicted molar refractivity (Wildman–Crippen MR) is 241 cm³/mol. The van der Waals surface area contributed by atoms with E-state index >= 15 is 0 Å². The summed E-state index contributed by atoms with van der Waals surface area (Å²) in [6.07, 6.45) is 0. The Morgan fingerprint density at radius 1 is 0.411 bits per heavy atom. The van der Waals surface area contributed by atoms with Crippen molar-refractivity contribution in [2.75, 3.05) is 4.90 Å². The SMILES string of the molecule is Cc1cccc(N(c2ccc(-c3cc4c5ccccc5n(-c5ccccc5)c4c4ccccc34)cc2)c2ccc(-c3cccc4c3sc3ccccc34)cc2)c1. The highest BCUT2D eigenvalue weighted by Gasteiger charge is 2.19. The first kappa shape index (κ1) is 32.5. The van der Waals surface area contributed by atoms with Crippen LogP contribution in [-0.4, -0.2) is 4.57 Å². The third-order valence-corrected chi connectivity index (χ3v) is 12.4. The molecule has 0 bridgehead atoms. The molecule has 0 aliphatic carbocycles. The first-order valence-corrected chi connectivity index (χ1v) is 20.0. The van der Waals surface area contributed by atoms with Crippen molar-refractivity contribution in [3.05, 3.63) is 206 Å². The number of nitrogens with zero attached hydrogens (tertiary/aromatic N) is 2. The van der Waals surface area contributed by atoms with Gasteiger partial charge in [0, 0.05) is 59.1 Å². The van der Waals surface area contributed by atoms with Gasteiger partial charge in [0.2, 0.25) is 0 Å². The number of hydrogen-bond acceptors (Lipinski definition) is 2. The Bertz CT molecular complexity index is 3240. The Kier molecular flexibility index (Phi) is 7.61. The summed E-state index contributed by atoms with van der Waals surface area (Å²) in [5.41, 5.74) is 13.2. The summed E-state index contributed by atoms with van der Waals surface area (Å²) in [5, 5.41) is 7.65. The summed E-state index contributed by atoms with van der Waals surface area (Å²) in [6.45, 7) is 2.16. The molecule has 0 atom stereocenters. The van der Waals surface area contributed by atoms with Gasteiger partial charge < -0.3 is 9.47 Å². The third kappa shape index (κ3) is 5.24. The molecule has 2 nitrogen and oxygen atoms in total. The fraction of sp³-hybridized carbons (Fsp3) is 0.0189. The van der Waals surface area contributed by atoms with Crippen molar-refractivity contribution >= 4 is 81.1 Å². The minimum atomic E-state index is 1.12. The summed E-state index contributed by atoms with van der Waals surface area (Å²) >= 11 is 1.88. The fourth-order valence-electron chi connectivity index (χ4n) is 8.68. The Morgan fingerprint density at radius 3 is 1.77 bits per heavy atom. The van der Waals surface area contributed by atoms with Crippen LogP contribution in [0, 0.1) is 6.92 Å². The second-order valence-corrected chi connectivity index (χ2v) is 15.7. The number of rotatable bonds is 6. The van der Waals surface area contributed by atoms with Gasteiger partial charge in [0.15, 0.2) is 0 Å². The topological polar surface area (TPSA) is 8.17 Å². The van der Waals surface area contributed by atoms with E-state index in [1.54, 1.807) is 0 Å².